The lowest BCUT2D eigenvalue weighted by atomic mass is 10.2. The molecule has 0 radical (unpaired) electrons. The van der Waals surface area contributed by atoms with E-state index in [0.29, 0.717) is 0 Å². The number of halogens is 1. The monoisotopic (exact) mass is 305 g/mol. The first-order valence-electron chi connectivity index (χ1n) is 6.04. The third kappa shape index (κ3) is 4.00. The fraction of sp³-hybridized carbons (Fsp3) is 0.0667. The third-order valence-corrected chi connectivity index (χ3v) is 3.60. The van der Waals surface area contributed by atoms with E-state index < -0.39 is 17.7 Å². The van der Waals surface area contributed by atoms with E-state index in [-0.39, 0.29) is 11.3 Å². The Kier molecular flexibility index (Phi) is 4.49. The summed E-state index contributed by atoms with van der Waals surface area (Å²) in [5.41, 5.74) is -0.230. The summed E-state index contributed by atoms with van der Waals surface area (Å²) in [6, 6.07) is 7.13. The zero-order valence-electron chi connectivity index (χ0n) is 11.1. The zero-order chi connectivity index (χ0) is 15.4. The highest BCUT2D eigenvalue weighted by Crippen LogP contribution is 2.18. The molecule has 4 nitrogen and oxygen atoms in total. The molecule has 21 heavy (non-hydrogen) atoms. The molecule has 0 fully saturated rings. The molecule has 1 amide bonds. The average Bonchev–Trinajstić information content (AvgIpc) is 2.84. The summed E-state index contributed by atoms with van der Waals surface area (Å²) in [5.74, 6) is -2.49. The van der Waals surface area contributed by atoms with Gasteiger partial charge in [0.15, 0.2) is 0 Å². The van der Waals surface area contributed by atoms with Crippen LogP contribution in [0.25, 0.3) is 6.08 Å². The lowest BCUT2D eigenvalue weighted by Gasteiger charge is -2.04. The fourth-order valence-corrected chi connectivity index (χ4v) is 2.40. The number of hydrogen-bond acceptors (Lipinski definition) is 3. The molecule has 6 heteroatoms. The molecule has 0 bridgehead atoms. The smallest absolute Gasteiger partial charge is 0.335 e. The van der Waals surface area contributed by atoms with E-state index in [4.69, 9.17) is 5.11 Å². The lowest BCUT2D eigenvalue weighted by molar-refractivity contribution is -0.111. The summed E-state index contributed by atoms with van der Waals surface area (Å²) in [6.45, 7) is 1.96. The fourth-order valence-electron chi connectivity index (χ4n) is 1.62. The third-order valence-electron chi connectivity index (χ3n) is 2.63. The molecule has 1 aromatic carbocycles. The van der Waals surface area contributed by atoms with Crippen LogP contribution in [0.5, 0.6) is 0 Å². The van der Waals surface area contributed by atoms with Gasteiger partial charge in [-0.05, 0) is 43.3 Å². The van der Waals surface area contributed by atoms with Crippen molar-refractivity contribution in [3.05, 3.63) is 57.5 Å². The van der Waals surface area contributed by atoms with Gasteiger partial charge in [0, 0.05) is 15.8 Å². The highest BCUT2D eigenvalue weighted by atomic mass is 32.1. The predicted molar refractivity (Wildman–Crippen MR) is 80.1 cm³/mol. The molecule has 0 spiro atoms. The van der Waals surface area contributed by atoms with E-state index in [1.54, 1.807) is 6.08 Å². The van der Waals surface area contributed by atoms with Crippen molar-refractivity contribution in [1.82, 2.24) is 0 Å². The van der Waals surface area contributed by atoms with Crippen LogP contribution in [0, 0.1) is 12.7 Å². The highest BCUT2D eigenvalue weighted by Gasteiger charge is 2.09. The van der Waals surface area contributed by atoms with Gasteiger partial charge in [-0.3, -0.25) is 4.79 Å². The molecule has 2 aromatic rings. The Bertz CT molecular complexity index is 721. The van der Waals surface area contributed by atoms with Crippen molar-refractivity contribution in [2.24, 2.45) is 0 Å². The number of nitrogens with one attached hydrogen (secondary N) is 1. The summed E-state index contributed by atoms with van der Waals surface area (Å²) >= 11 is 1.54. The van der Waals surface area contributed by atoms with Gasteiger partial charge in [0.1, 0.15) is 5.82 Å². The molecule has 0 saturated heterocycles. The first kappa shape index (κ1) is 14.9. The Morgan fingerprint density at radius 1 is 1.29 bits per heavy atom. The zero-order valence-corrected chi connectivity index (χ0v) is 11.9. The maximum atomic E-state index is 13.6. The number of rotatable bonds is 4. The van der Waals surface area contributed by atoms with Crippen molar-refractivity contribution in [2.45, 2.75) is 6.92 Å². The number of carboxylic acids is 1. The van der Waals surface area contributed by atoms with Crippen molar-refractivity contribution in [1.29, 1.82) is 0 Å². The minimum Gasteiger partial charge on any atom is -0.478 e. The molecule has 2 N–H and O–H groups in total. The van der Waals surface area contributed by atoms with Crippen LogP contribution < -0.4 is 5.32 Å². The van der Waals surface area contributed by atoms with Crippen LogP contribution in [0.1, 0.15) is 20.1 Å². The first-order chi connectivity index (χ1) is 9.95. The van der Waals surface area contributed by atoms with Crippen LogP contribution >= 0.6 is 11.3 Å². The topological polar surface area (TPSA) is 66.4 Å². The number of benzene rings is 1. The van der Waals surface area contributed by atoms with E-state index in [2.05, 4.69) is 5.32 Å². The van der Waals surface area contributed by atoms with E-state index in [9.17, 15) is 14.0 Å². The van der Waals surface area contributed by atoms with Gasteiger partial charge in [-0.15, -0.1) is 11.3 Å². The molecule has 0 aliphatic rings. The second-order valence-corrected chi connectivity index (χ2v) is 5.59. The maximum absolute atomic E-state index is 13.6. The second-order valence-electron chi connectivity index (χ2n) is 4.27. The highest BCUT2D eigenvalue weighted by molar-refractivity contribution is 7.12. The number of amides is 1. The molecule has 0 atom stereocenters. The van der Waals surface area contributed by atoms with E-state index >= 15 is 0 Å². The molecule has 0 unspecified atom stereocenters. The van der Waals surface area contributed by atoms with Crippen LogP contribution in [0.4, 0.5) is 10.1 Å². The van der Waals surface area contributed by atoms with Gasteiger partial charge in [-0.2, -0.15) is 0 Å². The number of carbonyl (C=O) groups is 2. The summed E-state index contributed by atoms with van der Waals surface area (Å²) in [6.07, 6.45) is 2.94. The van der Waals surface area contributed by atoms with Crippen molar-refractivity contribution >= 4 is 35.0 Å². The summed E-state index contributed by atoms with van der Waals surface area (Å²) < 4.78 is 13.6. The summed E-state index contributed by atoms with van der Waals surface area (Å²) in [7, 11) is 0. The van der Waals surface area contributed by atoms with Gasteiger partial charge in [0.2, 0.25) is 5.91 Å². The number of thiophene rings is 1. The molecule has 0 aliphatic carbocycles. The van der Waals surface area contributed by atoms with Crippen molar-refractivity contribution in [3.63, 3.8) is 0 Å². The predicted octanol–water partition coefficient (Wildman–Crippen LogP) is 3.55. The Morgan fingerprint density at radius 3 is 2.62 bits per heavy atom. The van der Waals surface area contributed by atoms with Gasteiger partial charge in [0.05, 0.1) is 11.3 Å². The average molecular weight is 305 g/mol. The molecular weight excluding hydrogens is 293 g/mol. The largest absolute Gasteiger partial charge is 0.478 e. The van der Waals surface area contributed by atoms with Crippen molar-refractivity contribution in [3.8, 4) is 0 Å². The van der Waals surface area contributed by atoms with E-state index in [1.807, 2.05) is 19.1 Å². The standard InChI is InChI=1S/C15H12FNO3S/c1-9-2-4-11(21-9)5-7-14(18)17-13-6-3-10(15(19)20)8-12(13)16/h2-8H,1H3,(H,17,18)(H,19,20). The Balaban J connectivity index is 2.06. The van der Waals surface area contributed by atoms with Crippen LogP contribution in [0.2, 0.25) is 0 Å². The molecule has 1 aromatic heterocycles. The number of carboxylic acid groups (broad SMARTS) is 1. The maximum Gasteiger partial charge on any atom is 0.335 e. The van der Waals surface area contributed by atoms with Gasteiger partial charge in [0.25, 0.3) is 0 Å². The van der Waals surface area contributed by atoms with Gasteiger partial charge < -0.3 is 10.4 Å². The molecular formula is C15H12FNO3S. The Morgan fingerprint density at radius 2 is 2.05 bits per heavy atom. The van der Waals surface area contributed by atoms with Crippen molar-refractivity contribution in [2.75, 3.05) is 5.32 Å². The quantitative estimate of drug-likeness (QED) is 0.849. The van der Waals surface area contributed by atoms with Crippen molar-refractivity contribution < 1.29 is 19.1 Å². The summed E-state index contributed by atoms with van der Waals surface area (Å²) in [5, 5.41) is 11.1. The molecule has 0 aliphatic heterocycles. The normalized spacial score (nSPS) is 10.8. The second kappa shape index (κ2) is 6.32. The van der Waals surface area contributed by atoms with Crippen LogP contribution in [0.15, 0.2) is 36.4 Å². The lowest BCUT2D eigenvalue weighted by Crippen LogP contribution is -2.10. The first-order valence-corrected chi connectivity index (χ1v) is 6.85. The van der Waals surface area contributed by atoms with Gasteiger partial charge >= 0.3 is 5.97 Å². The molecule has 0 saturated carbocycles. The number of aryl methyl sites for hydroxylation is 1. The summed E-state index contributed by atoms with van der Waals surface area (Å²) in [4.78, 5) is 24.4. The Hall–Kier alpha value is -2.47. The van der Waals surface area contributed by atoms with Crippen LogP contribution in [0.3, 0.4) is 0 Å². The molecule has 2 rings (SSSR count). The minimum atomic E-state index is -1.22. The number of carbonyl (C=O) groups excluding carboxylic acids is 1. The van der Waals surface area contributed by atoms with E-state index in [1.165, 1.54) is 29.5 Å². The number of hydrogen-bond donors (Lipinski definition) is 2. The SMILES string of the molecule is Cc1ccc(C=CC(=O)Nc2ccc(C(=O)O)cc2F)s1. The van der Waals surface area contributed by atoms with Crippen LogP contribution in [-0.4, -0.2) is 17.0 Å². The molecule has 108 valence electrons. The van der Waals surface area contributed by atoms with E-state index in [0.717, 1.165) is 15.8 Å². The minimum absolute atomic E-state index is 0.0583. The number of anilines is 1. The Labute approximate surface area is 124 Å². The van der Waals surface area contributed by atoms with Gasteiger partial charge in [-0.1, -0.05) is 0 Å². The van der Waals surface area contributed by atoms with Crippen LogP contribution in [-0.2, 0) is 4.79 Å². The molecule has 1 heterocycles. The number of aromatic carboxylic acids is 1. The van der Waals surface area contributed by atoms with Gasteiger partial charge in [-0.25, -0.2) is 9.18 Å².